The van der Waals surface area contributed by atoms with Crippen molar-refractivity contribution in [3.8, 4) is 5.75 Å². The normalized spacial score (nSPS) is 10.1. The van der Waals surface area contributed by atoms with Gasteiger partial charge >= 0.3 is 0 Å². The average Bonchev–Trinajstić information content (AvgIpc) is 2.51. The zero-order valence-electron chi connectivity index (χ0n) is 12.1. The lowest BCUT2D eigenvalue weighted by atomic mass is 10.2. The second-order valence-electron chi connectivity index (χ2n) is 4.59. The Balaban J connectivity index is 1.74. The number of hydrogen-bond donors (Lipinski definition) is 2. The molecule has 0 aliphatic heterocycles. The molecule has 21 heavy (non-hydrogen) atoms. The van der Waals surface area contributed by atoms with Crippen LogP contribution in [0.25, 0.3) is 0 Å². The average molecular weight is 284 g/mol. The van der Waals surface area contributed by atoms with Gasteiger partial charge in [0.25, 0.3) is 0 Å². The van der Waals surface area contributed by atoms with Gasteiger partial charge in [-0.3, -0.25) is 4.79 Å². The topological polar surface area (TPSA) is 50.4 Å². The molecule has 0 bridgehead atoms. The first-order chi connectivity index (χ1) is 10.3. The van der Waals surface area contributed by atoms with Crippen LogP contribution in [0.3, 0.4) is 0 Å². The van der Waals surface area contributed by atoms with Crippen LogP contribution in [0.15, 0.2) is 54.6 Å². The van der Waals surface area contributed by atoms with E-state index in [0.29, 0.717) is 13.2 Å². The van der Waals surface area contributed by atoms with Crippen LogP contribution in [0.5, 0.6) is 5.75 Å². The summed E-state index contributed by atoms with van der Waals surface area (Å²) in [7, 11) is 0. The van der Waals surface area contributed by atoms with Crippen LogP contribution in [-0.4, -0.2) is 19.1 Å². The molecule has 0 aromatic heterocycles. The first-order valence-corrected chi connectivity index (χ1v) is 7.05. The molecular formula is C17H20N2O2. The molecule has 0 saturated heterocycles. The smallest absolute Gasteiger partial charge is 0.238 e. The highest BCUT2D eigenvalue weighted by Gasteiger charge is 2.02. The van der Waals surface area contributed by atoms with Gasteiger partial charge in [-0.15, -0.1) is 0 Å². The molecule has 1 amide bonds. The van der Waals surface area contributed by atoms with Crippen LogP contribution in [-0.2, 0) is 11.3 Å². The molecule has 2 rings (SSSR count). The number of carbonyl (C=O) groups excluding carboxylic acids is 1. The number of ether oxygens (including phenoxy) is 1. The minimum atomic E-state index is -0.0601. The van der Waals surface area contributed by atoms with E-state index in [-0.39, 0.29) is 12.5 Å². The first-order valence-electron chi connectivity index (χ1n) is 7.05. The summed E-state index contributed by atoms with van der Waals surface area (Å²) in [5.74, 6) is 0.743. The Labute approximate surface area is 125 Å². The van der Waals surface area contributed by atoms with Gasteiger partial charge in [0.2, 0.25) is 5.91 Å². The van der Waals surface area contributed by atoms with Gasteiger partial charge in [0.1, 0.15) is 5.75 Å². The van der Waals surface area contributed by atoms with Gasteiger partial charge in [-0.1, -0.05) is 30.3 Å². The summed E-state index contributed by atoms with van der Waals surface area (Å²) in [6.45, 7) is 3.53. The van der Waals surface area contributed by atoms with Gasteiger partial charge in [0, 0.05) is 12.2 Å². The van der Waals surface area contributed by atoms with Crippen molar-refractivity contribution in [3.63, 3.8) is 0 Å². The lowest BCUT2D eigenvalue weighted by Crippen LogP contribution is -2.27. The van der Waals surface area contributed by atoms with Crippen molar-refractivity contribution in [2.75, 3.05) is 18.5 Å². The fraction of sp³-hybridized carbons (Fsp3) is 0.235. The maximum atomic E-state index is 11.8. The summed E-state index contributed by atoms with van der Waals surface area (Å²) in [5.41, 5.74) is 1.93. The fourth-order valence-electron chi connectivity index (χ4n) is 1.92. The molecule has 0 unspecified atom stereocenters. The molecule has 0 radical (unpaired) electrons. The second-order valence-corrected chi connectivity index (χ2v) is 4.59. The fourth-order valence-corrected chi connectivity index (χ4v) is 1.92. The van der Waals surface area contributed by atoms with E-state index in [4.69, 9.17) is 4.74 Å². The molecule has 0 heterocycles. The van der Waals surface area contributed by atoms with Crippen molar-refractivity contribution < 1.29 is 9.53 Å². The zero-order chi connectivity index (χ0) is 14.9. The number of benzene rings is 2. The molecule has 2 aromatic carbocycles. The Kier molecular flexibility index (Phi) is 5.79. The molecule has 2 aromatic rings. The van der Waals surface area contributed by atoms with Crippen molar-refractivity contribution in [1.82, 2.24) is 5.32 Å². The highest BCUT2D eigenvalue weighted by molar-refractivity contribution is 5.92. The summed E-state index contributed by atoms with van der Waals surface area (Å²) < 4.78 is 5.35. The highest BCUT2D eigenvalue weighted by Crippen LogP contribution is 2.15. The van der Waals surface area contributed by atoms with E-state index in [9.17, 15) is 4.79 Å². The van der Waals surface area contributed by atoms with Gasteiger partial charge in [0.05, 0.1) is 13.2 Å². The third-order valence-corrected chi connectivity index (χ3v) is 2.91. The van der Waals surface area contributed by atoms with Crippen LogP contribution in [0, 0.1) is 0 Å². The number of amides is 1. The predicted molar refractivity (Wildman–Crippen MR) is 84.4 cm³/mol. The molecule has 0 saturated carbocycles. The molecule has 0 atom stereocenters. The Hall–Kier alpha value is -2.33. The number of hydrogen-bond acceptors (Lipinski definition) is 3. The lowest BCUT2D eigenvalue weighted by Gasteiger charge is -2.08. The number of carbonyl (C=O) groups is 1. The third kappa shape index (κ3) is 5.28. The van der Waals surface area contributed by atoms with Crippen LogP contribution in [0.4, 0.5) is 5.69 Å². The molecule has 0 aliphatic rings. The van der Waals surface area contributed by atoms with E-state index >= 15 is 0 Å². The maximum Gasteiger partial charge on any atom is 0.238 e. The van der Waals surface area contributed by atoms with Crippen LogP contribution in [0.1, 0.15) is 12.5 Å². The summed E-state index contributed by atoms with van der Waals surface area (Å²) in [6, 6.07) is 17.3. The quantitative estimate of drug-likeness (QED) is 0.822. The summed E-state index contributed by atoms with van der Waals surface area (Å²) in [4.78, 5) is 11.8. The summed E-state index contributed by atoms with van der Waals surface area (Å²) in [6.07, 6.45) is 0. The molecule has 2 N–H and O–H groups in total. The standard InChI is InChI=1S/C17H20N2O2/c1-2-21-16-10-8-15(9-11-16)19-17(20)13-18-12-14-6-4-3-5-7-14/h3-11,18H,2,12-13H2,1H3,(H,19,20). The van der Waals surface area contributed by atoms with E-state index in [0.717, 1.165) is 17.0 Å². The van der Waals surface area contributed by atoms with Crippen LogP contribution >= 0.6 is 0 Å². The Morgan fingerprint density at radius 1 is 1.05 bits per heavy atom. The van der Waals surface area contributed by atoms with Gasteiger partial charge < -0.3 is 15.4 Å². The van der Waals surface area contributed by atoms with Crippen molar-refractivity contribution in [3.05, 3.63) is 60.2 Å². The molecule has 0 fully saturated rings. The van der Waals surface area contributed by atoms with E-state index < -0.39 is 0 Å². The summed E-state index contributed by atoms with van der Waals surface area (Å²) in [5, 5.41) is 5.96. The lowest BCUT2D eigenvalue weighted by molar-refractivity contribution is -0.115. The molecule has 0 aliphatic carbocycles. The molecule has 110 valence electrons. The molecule has 4 nitrogen and oxygen atoms in total. The van der Waals surface area contributed by atoms with Crippen LogP contribution < -0.4 is 15.4 Å². The van der Waals surface area contributed by atoms with Gasteiger partial charge in [-0.2, -0.15) is 0 Å². The maximum absolute atomic E-state index is 11.8. The molecule has 0 spiro atoms. The van der Waals surface area contributed by atoms with Gasteiger partial charge in [-0.05, 0) is 36.8 Å². The molecular weight excluding hydrogens is 264 g/mol. The van der Waals surface area contributed by atoms with E-state index in [1.807, 2.05) is 61.5 Å². The Bertz CT molecular complexity index is 553. The monoisotopic (exact) mass is 284 g/mol. The minimum absolute atomic E-state index is 0.0601. The number of rotatable bonds is 7. The highest BCUT2D eigenvalue weighted by atomic mass is 16.5. The van der Waals surface area contributed by atoms with Crippen LogP contribution in [0.2, 0.25) is 0 Å². The Morgan fingerprint density at radius 2 is 1.76 bits per heavy atom. The van der Waals surface area contributed by atoms with E-state index in [1.165, 1.54) is 0 Å². The number of nitrogens with one attached hydrogen (secondary N) is 2. The van der Waals surface area contributed by atoms with Crippen molar-refractivity contribution in [2.45, 2.75) is 13.5 Å². The third-order valence-electron chi connectivity index (χ3n) is 2.91. The molecule has 4 heteroatoms. The predicted octanol–water partition coefficient (Wildman–Crippen LogP) is 2.81. The van der Waals surface area contributed by atoms with E-state index in [2.05, 4.69) is 10.6 Å². The number of anilines is 1. The second kappa shape index (κ2) is 8.07. The van der Waals surface area contributed by atoms with Crippen molar-refractivity contribution in [1.29, 1.82) is 0 Å². The van der Waals surface area contributed by atoms with E-state index in [1.54, 1.807) is 0 Å². The van der Waals surface area contributed by atoms with Gasteiger partial charge in [-0.25, -0.2) is 0 Å². The zero-order valence-corrected chi connectivity index (χ0v) is 12.1. The van der Waals surface area contributed by atoms with Crippen molar-refractivity contribution >= 4 is 11.6 Å². The summed E-state index contributed by atoms with van der Waals surface area (Å²) >= 11 is 0. The van der Waals surface area contributed by atoms with Crippen molar-refractivity contribution in [2.24, 2.45) is 0 Å². The minimum Gasteiger partial charge on any atom is -0.494 e. The Morgan fingerprint density at radius 3 is 2.43 bits per heavy atom. The largest absolute Gasteiger partial charge is 0.494 e. The first kappa shape index (κ1) is 15.1. The SMILES string of the molecule is CCOc1ccc(NC(=O)CNCc2ccccc2)cc1. The van der Waals surface area contributed by atoms with Gasteiger partial charge in [0.15, 0.2) is 0 Å².